The Hall–Kier alpha value is -1.52. The van der Waals surface area contributed by atoms with Gasteiger partial charge in [0.25, 0.3) is 0 Å². The topological polar surface area (TPSA) is 30.5 Å². The van der Waals surface area contributed by atoms with Crippen molar-refractivity contribution >= 4 is 11.3 Å². The molecule has 20 heavy (non-hydrogen) atoms. The Morgan fingerprint density at radius 1 is 1.15 bits per heavy atom. The lowest BCUT2D eigenvalue weighted by atomic mass is 10.1. The zero-order valence-corrected chi connectivity index (χ0v) is 13.2. The number of thiophene rings is 1. The Morgan fingerprint density at radius 2 is 1.95 bits per heavy atom. The lowest BCUT2D eigenvalue weighted by molar-refractivity contribution is 0.350. The number of nitrogens with one attached hydrogen (secondary N) is 1. The van der Waals surface area contributed by atoms with Crippen molar-refractivity contribution < 1.29 is 9.47 Å². The molecule has 0 aliphatic heterocycles. The molecule has 0 saturated heterocycles. The molecule has 1 heterocycles. The molecular weight excluding hydrogens is 270 g/mol. The van der Waals surface area contributed by atoms with Gasteiger partial charge in [0.05, 0.1) is 14.2 Å². The highest BCUT2D eigenvalue weighted by molar-refractivity contribution is 7.12. The van der Waals surface area contributed by atoms with Crippen LogP contribution < -0.4 is 14.8 Å². The standard InChI is InChI=1S/C16H21NO2S/c1-11-8-9-15(20-11)12(2)17-10-13-6-5-7-14(18-3)16(13)19-4/h5-9,12,17H,10H2,1-4H3. The Labute approximate surface area is 124 Å². The molecule has 2 aromatic rings. The van der Waals surface area contributed by atoms with Gasteiger partial charge in [-0.2, -0.15) is 0 Å². The fourth-order valence-corrected chi connectivity index (χ4v) is 3.05. The number of para-hydroxylation sites is 1. The highest BCUT2D eigenvalue weighted by Crippen LogP contribution is 2.31. The van der Waals surface area contributed by atoms with E-state index in [1.165, 1.54) is 9.75 Å². The van der Waals surface area contributed by atoms with Crippen LogP contribution in [0.3, 0.4) is 0 Å². The van der Waals surface area contributed by atoms with E-state index in [1.54, 1.807) is 14.2 Å². The van der Waals surface area contributed by atoms with Crippen molar-refractivity contribution in [1.29, 1.82) is 0 Å². The van der Waals surface area contributed by atoms with Crippen LogP contribution in [0.5, 0.6) is 11.5 Å². The van der Waals surface area contributed by atoms with Crippen LogP contribution in [0.15, 0.2) is 30.3 Å². The summed E-state index contributed by atoms with van der Waals surface area (Å²) < 4.78 is 10.8. The number of rotatable bonds is 6. The molecular formula is C16H21NO2S. The molecule has 108 valence electrons. The van der Waals surface area contributed by atoms with Gasteiger partial charge in [0.1, 0.15) is 0 Å². The second-order valence-electron chi connectivity index (χ2n) is 4.70. The van der Waals surface area contributed by atoms with Crippen LogP contribution in [-0.4, -0.2) is 14.2 Å². The van der Waals surface area contributed by atoms with Crippen LogP contribution in [0.25, 0.3) is 0 Å². The van der Waals surface area contributed by atoms with Gasteiger partial charge >= 0.3 is 0 Å². The summed E-state index contributed by atoms with van der Waals surface area (Å²) in [5.41, 5.74) is 1.10. The molecule has 0 aliphatic carbocycles. The zero-order chi connectivity index (χ0) is 14.5. The summed E-state index contributed by atoms with van der Waals surface area (Å²) in [6.45, 7) is 5.06. The van der Waals surface area contributed by atoms with Crippen LogP contribution in [0.4, 0.5) is 0 Å². The van der Waals surface area contributed by atoms with Crippen LogP contribution >= 0.6 is 11.3 Å². The van der Waals surface area contributed by atoms with Gasteiger partial charge in [-0.1, -0.05) is 12.1 Å². The summed E-state index contributed by atoms with van der Waals surface area (Å²) >= 11 is 1.83. The van der Waals surface area contributed by atoms with Crippen LogP contribution in [0.1, 0.15) is 28.3 Å². The molecule has 2 rings (SSSR count). The third-order valence-corrected chi connectivity index (χ3v) is 4.45. The van der Waals surface area contributed by atoms with Crippen molar-refractivity contribution in [3.63, 3.8) is 0 Å². The predicted octanol–water partition coefficient (Wildman–Crippen LogP) is 3.92. The second kappa shape index (κ2) is 6.77. The minimum absolute atomic E-state index is 0.324. The van der Waals surface area contributed by atoms with Crippen molar-refractivity contribution in [2.45, 2.75) is 26.4 Å². The van der Waals surface area contributed by atoms with Crippen molar-refractivity contribution in [3.8, 4) is 11.5 Å². The van der Waals surface area contributed by atoms with Crippen LogP contribution in [0, 0.1) is 6.92 Å². The number of hydrogen-bond donors (Lipinski definition) is 1. The molecule has 1 aromatic heterocycles. The van der Waals surface area contributed by atoms with Crippen molar-refractivity contribution in [3.05, 3.63) is 45.6 Å². The monoisotopic (exact) mass is 291 g/mol. The summed E-state index contributed by atoms with van der Waals surface area (Å²) in [7, 11) is 3.33. The first kappa shape index (κ1) is 14.9. The summed E-state index contributed by atoms with van der Waals surface area (Å²) in [5.74, 6) is 1.57. The largest absolute Gasteiger partial charge is 0.493 e. The maximum atomic E-state index is 5.45. The number of aryl methyl sites for hydroxylation is 1. The normalized spacial score (nSPS) is 12.2. The first-order chi connectivity index (χ1) is 9.65. The van der Waals surface area contributed by atoms with E-state index in [0.29, 0.717) is 6.04 Å². The lowest BCUT2D eigenvalue weighted by Crippen LogP contribution is -2.17. The fraction of sp³-hybridized carbons (Fsp3) is 0.375. The zero-order valence-electron chi connectivity index (χ0n) is 12.4. The van der Waals surface area contributed by atoms with E-state index in [2.05, 4.69) is 37.4 Å². The van der Waals surface area contributed by atoms with Gasteiger partial charge in [0.2, 0.25) is 0 Å². The first-order valence-electron chi connectivity index (χ1n) is 6.65. The molecule has 1 aromatic carbocycles. The summed E-state index contributed by atoms with van der Waals surface area (Å²) in [6, 6.07) is 10.6. The quantitative estimate of drug-likeness (QED) is 0.875. The third-order valence-electron chi connectivity index (χ3n) is 3.27. The van der Waals surface area contributed by atoms with Crippen molar-refractivity contribution in [2.24, 2.45) is 0 Å². The van der Waals surface area contributed by atoms with Gasteiger partial charge < -0.3 is 14.8 Å². The van der Waals surface area contributed by atoms with E-state index < -0.39 is 0 Å². The van der Waals surface area contributed by atoms with Crippen molar-refractivity contribution in [1.82, 2.24) is 5.32 Å². The molecule has 0 aliphatic rings. The average molecular weight is 291 g/mol. The molecule has 0 spiro atoms. The van der Waals surface area contributed by atoms with Crippen LogP contribution in [-0.2, 0) is 6.54 Å². The van der Waals surface area contributed by atoms with Gasteiger partial charge in [-0.25, -0.2) is 0 Å². The van der Waals surface area contributed by atoms with E-state index in [1.807, 2.05) is 23.5 Å². The highest BCUT2D eigenvalue weighted by atomic mass is 32.1. The average Bonchev–Trinajstić information content (AvgIpc) is 2.90. The predicted molar refractivity (Wildman–Crippen MR) is 83.9 cm³/mol. The van der Waals surface area contributed by atoms with Gasteiger partial charge in [-0.3, -0.25) is 0 Å². The molecule has 0 radical (unpaired) electrons. The summed E-state index contributed by atoms with van der Waals surface area (Å²) in [6.07, 6.45) is 0. The van der Waals surface area contributed by atoms with Gasteiger partial charge in [-0.15, -0.1) is 11.3 Å². The molecule has 0 bridgehead atoms. The second-order valence-corrected chi connectivity index (χ2v) is 6.02. The molecule has 0 fully saturated rings. The van der Waals surface area contributed by atoms with E-state index >= 15 is 0 Å². The minimum Gasteiger partial charge on any atom is -0.493 e. The molecule has 1 unspecified atom stereocenters. The van der Waals surface area contributed by atoms with E-state index in [9.17, 15) is 0 Å². The van der Waals surface area contributed by atoms with Gasteiger partial charge in [0, 0.05) is 27.9 Å². The SMILES string of the molecule is COc1cccc(CNC(C)c2ccc(C)s2)c1OC. The first-order valence-corrected chi connectivity index (χ1v) is 7.47. The highest BCUT2D eigenvalue weighted by Gasteiger charge is 2.12. The molecule has 1 N–H and O–H groups in total. The number of benzene rings is 1. The number of hydrogen-bond acceptors (Lipinski definition) is 4. The Kier molecular flexibility index (Phi) is 5.04. The molecule has 4 heteroatoms. The number of ether oxygens (including phenoxy) is 2. The maximum absolute atomic E-state index is 5.45. The van der Waals surface area contributed by atoms with Gasteiger partial charge in [-0.05, 0) is 32.0 Å². The lowest BCUT2D eigenvalue weighted by Gasteiger charge is -2.16. The molecule has 0 amide bonds. The van der Waals surface area contributed by atoms with Crippen molar-refractivity contribution in [2.75, 3.05) is 14.2 Å². The number of methoxy groups -OCH3 is 2. The maximum Gasteiger partial charge on any atom is 0.165 e. The molecule has 0 saturated carbocycles. The summed E-state index contributed by atoms with van der Waals surface area (Å²) in [4.78, 5) is 2.69. The Bertz CT molecular complexity index is 565. The Balaban J connectivity index is 2.07. The minimum atomic E-state index is 0.324. The molecule has 3 nitrogen and oxygen atoms in total. The third kappa shape index (κ3) is 3.32. The smallest absolute Gasteiger partial charge is 0.165 e. The van der Waals surface area contributed by atoms with E-state index in [-0.39, 0.29) is 0 Å². The Morgan fingerprint density at radius 3 is 2.55 bits per heavy atom. The van der Waals surface area contributed by atoms with Crippen LogP contribution in [0.2, 0.25) is 0 Å². The molecule has 1 atom stereocenters. The van der Waals surface area contributed by atoms with Gasteiger partial charge in [0.15, 0.2) is 11.5 Å². The summed E-state index contributed by atoms with van der Waals surface area (Å²) in [5, 5.41) is 3.53. The van der Waals surface area contributed by atoms with E-state index in [4.69, 9.17) is 9.47 Å². The van der Waals surface area contributed by atoms with E-state index in [0.717, 1.165) is 23.6 Å². The fourth-order valence-electron chi connectivity index (χ4n) is 2.14.